The second-order valence-electron chi connectivity index (χ2n) is 3.66. The molecule has 6 heteroatoms. The molecule has 0 aliphatic heterocycles. The van der Waals surface area contributed by atoms with E-state index >= 15 is 0 Å². The normalized spacial score (nSPS) is 11.4. The summed E-state index contributed by atoms with van der Waals surface area (Å²) in [6.07, 6.45) is -2.26. The van der Waals surface area contributed by atoms with Gasteiger partial charge in [-0.25, -0.2) is 6.07 Å². The second kappa shape index (κ2) is 7.09. The van der Waals surface area contributed by atoms with Crippen LogP contribution in [0.1, 0.15) is 11.1 Å². The van der Waals surface area contributed by atoms with E-state index in [0.29, 0.717) is 17.8 Å². The van der Waals surface area contributed by atoms with Gasteiger partial charge in [-0.3, -0.25) is 4.39 Å². The summed E-state index contributed by atoms with van der Waals surface area (Å²) in [6.45, 7) is 0. The van der Waals surface area contributed by atoms with Gasteiger partial charge >= 0.3 is 6.18 Å². The van der Waals surface area contributed by atoms with E-state index in [1.54, 1.807) is 24.3 Å². The minimum Gasteiger partial charge on any atom is -0.378 e. The molecule has 20 heavy (non-hydrogen) atoms. The number of rotatable bonds is 2. The molecule has 0 bridgehead atoms. The molecule has 0 saturated heterocycles. The molecular formula is C14H7F4NY-2. The van der Waals surface area contributed by atoms with Crippen molar-refractivity contribution in [1.82, 2.24) is 0 Å². The van der Waals surface area contributed by atoms with Crippen LogP contribution in [0.15, 0.2) is 47.5 Å². The van der Waals surface area contributed by atoms with Crippen LogP contribution < -0.4 is 0 Å². The van der Waals surface area contributed by atoms with Crippen molar-refractivity contribution < 1.29 is 50.3 Å². The van der Waals surface area contributed by atoms with E-state index < -0.39 is 17.6 Å². The predicted octanol–water partition coefficient (Wildman–Crippen LogP) is 4.27. The molecule has 0 fully saturated rings. The van der Waals surface area contributed by atoms with Gasteiger partial charge in [0.1, 0.15) is 0 Å². The number of para-hydroxylation sites is 1. The number of benzene rings is 2. The maximum absolute atomic E-state index is 13.4. The maximum atomic E-state index is 13.4. The molecule has 0 aliphatic rings. The smallest absolute Gasteiger partial charge is 0.378 e. The molecule has 0 atom stereocenters. The molecular weight excluding hydrogens is 347 g/mol. The average molecular weight is 354 g/mol. The SMILES string of the molecule is Fc1ccc(C(F)(F)F)cc1[C-]=Nc1[c-]cccc1.[Y]. The molecule has 0 unspecified atom stereocenters. The zero-order chi connectivity index (χ0) is 13.9. The van der Waals surface area contributed by atoms with Crippen molar-refractivity contribution in [2.45, 2.75) is 6.18 Å². The van der Waals surface area contributed by atoms with Crippen molar-refractivity contribution in [1.29, 1.82) is 0 Å². The number of hydrogen-bond acceptors (Lipinski definition) is 1. The number of aliphatic imine (C=N–C) groups is 1. The van der Waals surface area contributed by atoms with Crippen molar-refractivity contribution in [3.8, 4) is 0 Å². The van der Waals surface area contributed by atoms with Crippen LogP contribution >= 0.6 is 0 Å². The molecule has 2 aromatic rings. The molecule has 0 heterocycles. The van der Waals surface area contributed by atoms with Gasteiger partial charge in [0.15, 0.2) is 0 Å². The Bertz CT molecular complexity index is 594. The van der Waals surface area contributed by atoms with Crippen LogP contribution in [0.5, 0.6) is 0 Å². The Morgan fingerprint density at radius 2 is 1.85 bits per heavy atom. The fourth-order valence-corrected chi connectivity index (χ4v) is 1.36. The van der Waals surface area contributed by atoms with Crippen LogP contribution in [0.25, 0.3) is 0 Å². The Balaban J connectivity index is 0.00000200. The standard InChI is InChI=1S/C14H7F4N.Y/c15-13-7-6-11(14(16,17)18)8-10(13)9-19-12-4-2-1-3-5-12;/h1-4,6-8H;/q-2;. The van der Waals surface area contributed by atoms with Crippen molar-refractivity contribution in [3.05, 3.63) is 65.5 Å². The minimum atomic E-state index is -4.52. The van der Waals surface area contributed by atoms with Crippen molar-refractivity contribution in [2.24, 2.45) is 4.99 Å². The zero-order valence-electron chi connectivity index (χ0n) is 10.1. The topological polar surface area (TPSA) is 12.4 Å². The molecule has 0 amide bonds. The fourth-order valence-electron chi connectivity index (χ4n) is 1.36. The Hall–Kier alpha value is -1.07. The number of alkyl halides is 3. The summed E-state index contributed by atoms with van der Waals surface area (Å²) >= 11 is 0. The molecule has 1 nitrogen and oxygen atoms in total. The van der Waals surface area contributed by atoms with Crippen LogP contribution in [0.4, 0.5) is 23.2 Å². The van der Waals surface area contributed by atoms with Gasteiger partial charge in [-0.1, -0.05) is 17.7 Å². The Morgan fingerprint density at radius 3 is 2.45 bits per heavy atom. The molecule has 2 rings (SSSR count). The molecule has 0 N–H and O–H groups in total. The first-order valence-electron chi connectivity index (χ1n) is 5.27. The molecule has 2 aromatic carbocycles. The fraction of sp³-hybridized carbons (Fsp3) is 0.0714. The summed E-state index contributed by atoms with van der Waals surface area (Å²) in [6, 6.07) is 11.4. The van der Waals surface area contributed by atoms with E-state index in [2.05, 4.69) is 17.3 Å². The van der Waals surface area contributed by atoms with E-state index in [4.69, 9.17) is 0 Å². The van der Waals surface area contributed by atoms with Gasteiger partial charge in [0, 0.05) is 44.1 Å². The predicted molar refractivity (Wildman–Crippen MR) is 62.9 cm³/mol. The van der Waals surface area contributed by atoms with Crippen LogP contribution in [-0.4, -0.2) is 6.21 Å². The molecule has 0 aromatic heterocycles. The number of nitrogens with zero attached hydrogens (tertiary/aromatic N) is 1. The maximum Gasteiger partial charge on any atom is 0.407 e. The van der Waals surface area contributed by atoms with Crippen LogP contribution in [-0.2, 0) is 38.9 Å². The van der Waals surface area contributed by atoms with Gasteiger partial charge in [-0.15, -0.1) is 11.8 Å². The Morgan fingerprint density at radius 1 is 1.10 bits per heavy atom. The van der Waals surface area contributed by atoms with Crippen molar-refractivity contribution >= 4 is 11.9 Å². The molecule has 0 aliphatic carbocycles. The summed E-state index contributed by atoms with van der Waals surface area (Å²) in [4.78, 5) is 3.75. The van der Waals surface area contributed by atoms with E-state index in [-0.39, 0.29) is 38.3 Å². The van der Waals surface area contributed by atoms with Gasteiger partial charge in [0.05, 0.1) is 0 Å². The van der Waals surface area contributed by atoms with Crippen molar-refractivity contribution in [2.75, 3.05) is 0 Å². The Labute approximate surface area is 138 Å². The number of hydrogen-bond donors (Lipinski definition) is 0. The third-order valence-corrected chi connectivity index (χ3v) is 2.28. The van der Waals surface area contributed by atoms with Gasteiger partial charge in [-0.2, -0.15) is 37.4 Å². The van der Waals surface area contributed by atoms with Gasteiger partial charge in [0.25, 0.3) is 0 Å². The number of halogens is 4. The monoisotopic (exact) mass is 354 g/mol. The van der Waals surface area contributed by atoms with E-state index in [9.17, 15) is 17.6 Å². The van der Waals surface area contributed by atoms with Gasteiger partial charge in [0.2, 0.25) is 0 Å². The molecule has 1 radical (unpaired) electrons. The summed E-state index contributed by atoms with van der Waals surface area (Å²) in [5, 5.41) is 0. The summed E-state index contributed by atoms with van der Waals surface area (Å²) in [7, 11) is 0. The van der Waals surface area contributed by atoms with Gasteiger partial charge in [-0.05, 0) is 6.21 Å². The third kappa shape index (κ3) is 4.49. The second-order valence-corrected chi connectivity index (χ2v) is 3.66. The molecule has 0 spiro atoms. The quantitative estimate of drug-likeness (QED) is 0.434. The zero-order valence-corrected chi connectivity index (χ0v) is 12.9. The minimum absolute atomic E-state index is 0. The largest absolute Gasteiger partial charge is 0.407 e. The third-order valence-electron chi connectivity index (χ3n) is 2.28. The van der Waals surface area contributed by atoms with Crippen LogP contribution in [0.2, 0.25) is 0 Å². The first-order chi connectivity index (χ1) is 8.97. The van der Waals surface area contributed by atoms with E-state index in [1.165, 1.54) is 0 Å². The van der Waals surface area contributed by atoms with Crippen LogP contribution in [0, 0.1) is 11.9 Å². The first kappa shape index (κ1) is 17.0. The average Bonchev–Trinajstić information content (AvgIpc) is 2.37. The van der Waals surface area contributed by atoms with Crippen molar-refractivity contribution in [3.63, 3.8) is 0 Å². The molecule has 0 saturated carbocycles. The summed E-state index contributed by atoms with van der Waals surface area (Å²) < 4.78 is 50.8. The van der Waals surface area contributed by atoms with E-state index in [0.717, 1.165) is 6.07 Å². The molecule has 101 valence electrons. The van der Waals surface area contributed by atoms with E-state index in [1.807, 2.05) is 0 Å². The summed E-state index contributed by atoms with van der Waals surface area (Å²) in [5.41, 5.74) is -0.921. The van der Waals surface area contributed by atoms with Crippen LogP contribution in [0.3, 0.4) is 0 Å². The Kier molecular flexibility index (Phi) is 6.02. The van der Waals surface area contributed by atoms with Gasteiger partial charge < -0.3 is 4.99 Å². The summed E-state index contributed by atoms with van der Waals surface area (Å²) in [5.74, 6) is -0.812. The first-order valence-corrected chi connectivity index (χ1v) is 5.27.